The standard InChI is InChI=1S/C14H22FN3O/c1-10(2)16-7-11-6-12(15)8-17-14(11)18(3)13-4-5-19-9-13/h6,8,10,13,16H,4-5,7,9H2,1-3H3. The van der Waals surface area contributed by atoms with Crippen LogP contribution in [0.2, 0.25) is 0 Å². The highest BCUT2D eigenvalue weighted by Crippen LogP contribution is 2.22. The van der Waals surface area contributed by atoms with Gasteiger partial charge in [-0.1, -0.05) is 13.8 Å². The van der Waals surface area contributed by atoms with Crippen LogP contribution in [0.25, 0.3) is 0 Å². The molecule has 5 heteroatoms. The van der Waals surface area contributed by atoms with Crippen LogP contribution in [-0.4, -0.2) is 37.3 Å². The van der Waals surface area contributed by atoms with Crippen LogP contribution in [0.4, 0.5) is 10.2 Å². The number of nitrogens with zero attached hydrogens (tertiary/aromatic N) is 2. The van der Waals surface area contributed by atoms with Crippen LogP contribution in [0.5, 0.6) is 0 Å². The Balaban J connectivity index is 2.17. The van der Waals surface area contributed by atoms with E-state index in [9.17, 15) is 4.39 Å². The fourth-order valence-corrected chi connectivity index (χ4v) is 2.24. The van der Waals surface area contributed by atoms with Gasteiger partial charge in [-0.25, -0.2) is 9.37 Å². The van der Waals surface area contributed by atoms with Gasteiger partial charge in [-0.3, -0.25) is 0 Å². The number of pyridine rings is 1. The molecule has 4 nitrogen and oxygen atoms in total. The maximum Gasteiger partial charge on any atom is 0.141 e. The van der Waals surface area contributed by atoms with Gasteiger partial charge in [0, 0.05) is 31.8 Å². The molecule has 1 aromatic rings. The van der Waals surface area contributed by atoms with Gasteiger partial charge in [0.15, 0.2) is 0 Å². The van der Waals surface area contributed by atoms with Crippen LogP contribution in [0.1, 0.15) is 25.8 Å². The predicted octanol–water partition coefficient (Wildman–Crippen LogP) is 1.94. The van der Waals surface area contributed by atoms with E-state index in [0.717, 1.165) is 24.4 Å². The highest BCUT2D eigenvalue weighted by molar-refractivity contribution is 5.47. The summed E-state index contributed by atoms with van der Waals surface area (Å²) >= 11 is 0. The van der Waals surface area contributed by atoms with Gasteiger partial charge in [0.1, 0.15) is 11.6 Å². The quantitative estimate of drug-likeness (QED) is 0.884. The molecule has 1 fully saturated rings. The maximum absolute atomic E-state index is 13.4. The molecule has 1 unspecified atom stereocenters. The summed E-state index contributed by atoms with van der Waals surface area (Å²) in [7, 11) is 2.00. The molecule has 0 spiro atoms. The lowest BCUT2D eigenvalue weighted by molar-refractivity contribution is 0.193. The fraction of sp³-hybridized carbons (Fsp3) is 0.643. The van der Waals surface area contributed by atoms with E-state index in [4.69, 9.17) is 4.74 Å². The van der Waals surface area contributed by atoms with Gasteiger partial charge in [-0.05, 0) is 12.5 Å². The molecule has 1 saturated heterocycles. The third-order valence-corrected chi connectivity index (χ3v) is 3.40. The van der Waals surface area contributed by atoms with Crippen molar-refractivity contribution in [2.75, 3.05) is 25.2 Å². The molecular formula is C14H22FN3O. The Bertz CT molecular complexity index is 419. The van der Waals surface area contributed by atoms with Gasteiger partial charge < -0.3 is 15.0 Å². The number of halogens is 1. The van der Waals surface area contributed by atoms with Crippen LogP contribution in [0, 0.1) is 5.82 Å². The fourth-order valence-electron chi connectivity index (χ4n) is 2.24. The molecule has 19 heavy (non-hydrogen) atoms. The third kappa shape index (κ3) is 3.64. The molecule has 1 N–H and O–H groups in total. The lowest BCUT2D eigenvalue weighted by Gasteiger charge is -2.26. The molecule has 0 aromatic carbocycles. The van der Waals surface area contributed by atoms with E-state index in [1.807, 2.05) is 7.05 Å². The third-order valence-electron chi connectivity index (χ3n) is 3.40. The van der Waals surface area contributed by atoms with Gasteiger partial charge >= 0.3 is 0 Å². The van der Waals surface area contributed by atoms with E-state index in [-0.39, 0.29) is 5.82 Å². The molecule has 0 aliphatic carbocycles. The zero-order valence-corrected chi connectivity index (χ0v) is 11.8. The minimum Gasteiger partial charge on any atom is -0.379 e. The minimum absolute atomic E-state index is 0.291. The number of ether oxygens (including phenoxy) is 1. The first-order valence-corrected chi connectivity index (χ1v) is 6.76. The van der Waals surface area contributed by atoms with E-state index < -0.39 is 0 Å². The summed E-state index contributed by atoms with van der Waals surface area (Å²) in [5, 5.41) is 3.31. The van der Waals surface area contributed by atoms with Crippen molar-refractivity contribution in [2.45, 2.75) is 38.9 Å². The molecule has 0 amide bonds. The zero-order valence-electron chi connectivity index (χ0n) is 11.8. The Kier molecular flexibility index (Phi) is 4.71. The summed E-state index contributed by atoms with van der Waals surface area (Å²) in [6.45, 7) is 6.26. The second-order valence-electron chi connectivity index (χ2n) is 5.30. The molecule has 1 aromatic heterocycles. The lowest BCUT2D eigenvalue weighted by Crippen LogP contribution is -2.34. The smallest absolute Gasteiger partial charge is 0.141 e. The normalized spacial score (nSPS) is 19.1. The van der Waals surface area contributed by atoms with Crippen molar-refractivity contribution in [1.82, 2.24) is 10.3 Å². The molecule has 1 aliphatic rings. The van der Waals surface area contributed by atoms with Gasteiger partial charge in [-0.2, -0.15) is 0 Å². The SMILES string of the molecule is CC(C)NCc1cc(F)cnc1N(C)C1CCOC1. The Morgan fingerprint density at radius 1 is 1.58 bits per heavy atom. The molecule has 2 rings (SSSR count). The van der Waals surface area contributed by atoms with Crippen LogP contribution in [-0.2, 0) is 11.3 Å². The van der Waals surface area contributed by atoms with Crippen LogP contribution in [0.3, 0.4) is 0 Å². The Labute approximate surface area is 114 Å². The highest BCUT2D eigenvalue weighted by atomic mass is 19.1. The average Bonchev–Trinajstić information content (AvgIpc) is 2.89. The van der Waals surface area contributed by atoms with Crippen molar-refractivity contribution in [3.63, 3.8) is 0 Å². The molecule has 1 aliphatic heterocycles. The van der Waals surface area contributed by atoms with E-state index in [1.165, 1.54) is 6.20 Å². The van der Waals surface area contributed by atoms with Gasteiger partial charge in [0.2, 0.25) is 0 Å². The Morgan fingerprint density at radius 3 is 3.00 bits per heavy atom. The number of rotatable bonds is 5. The number of anilines is 1. The number of aromatic nitrogens is 1. The summed E-state index contributed by atoms with van der Waals surface area (Å²) in [6.07, 6.45) is 2.27. The summed E-state index contributed by atoms with van der Waals surface area (Å²) in [6, 6.07) is 2.25. The summed E-state index contributed by atoms with van der Waals surface area (Å²) in [4.78, 5) is 6.36. The molecule has 0 radical (unpaired) electrons. The van der Waals surface area contributed by atoms with Crippen molar-refractivity contribution in [3.05, 3.63) is 23.6 Å². The number of hydrogen-bond donors (Lipinski definition) is 1. The van der Waals surface area contributed by atoms with Gasteiger partial charge in [0.05, 0.1) is 18.8 Å². The highest BCUT2D eigenvalue weighted by Gasteiger charge is 2.23. The lowest BCUT2D eigenvalue weighted by atomic mass is 10.1. The van der Waals surface area contributed by atoms with Crippen molar-refractivity contribution in [1.29, 1.82) is 0 Å². The van der Waals surface area contributed by atoms with E-state index in [1.54, 1.807) is 6.07 Å². The Hall–Kier alpha value is -1.20. The average molecular weight is 267 g/mol. The number of hydrogen-bond acceptors (Lipinski definition) is 4. The van der Waals surface area contributed by atoms with Crippen LogP contribution >= 0.6 is 0 Å². The van der Waals surface area contributed by atoms with Crippen molar-refractivity contribution in [3.8, 4) is 0 Å². The summed E-state index contributed by atoms with van der Waals surface area (Å²) in [5.74, 6) is 0.547. The van der Waals surface area contributed by atoms with E-state index >= 15 is 0 Å². The van der Waals surface area contributed by atoms with Crippen molar-refractivity contribution < 1.29 is 9.13 Å². The first-order chi connectivity index (χ1) is 9.08. The molecule has 0 bridgehead atoms. The second kappa shape index (κ2) is 6.30. The molecule has 106 valence electrons. The minimum atomic E-state index is -0.291. The second-order valence-corrected chi connectivity index (χ2v) is 5.30. The topological polar surface area (TPSA) is 37.4 Å². The van der Waals surface area contributed by atoms with Gasteiger partial charge in [-0.15, -0.1) is 0 Å². The van der Waals surface area contributed by atoms with E-state index in [2.05, 4.69) is 29.0 Å². The van der Waals surface area contributed by atoms with Crippen LogP contribution < -0.4 is 10.2 Å². The Morgan fingerprint density at radius 2 is 2.37 bits per heavy atom. The molecule has 2 heterocycles. The molecule has 1 atom stereocenters. The van der Waals surface area contributed by atoms with E-state index in [0.29, 0.717) is 25.2 Å². The number of likely N-dealkylation sites (N-methyl/N-ethyl adjacent to an activating group) is 1. The molecular weight excluding hydrogens is 245 g/mol. The van der Waals surface area contributed by atoms with Crippen molar-refractivity contribution >= 4 is 5.82 Å². The van der Waals surface area contributed by atoms with Gasteiger partial charge in [0.25, 0.3) is 0 Å². The first kappa shape index (κ1) is 14.2. The monoisotopic (exact) mass is 267 g/mol. The summed E-state index contributed by atoms with van der Waals surface area (Å²) < 4.78 is 18.8. The first-order valence-electron chi connectivity index (χ1n) is 6.76. The summed E-state index contributed by atoms with van der Waals surface area (Å²) in [5.41, 5.74) is 0.892. The zero-order chi connectivity index (χ0) is 13.8. The van der Waals surface area contributed by atoms with Crippen LogP contribution in [0.15, 0.2) is 12.3 Å². The maximum atomic E-state index is 13.4. The molecule has 0 saturated carbocycles. The number of nitrogens with one attached hydrogen (secondary N) is 1. The predicted molar refractivity (Wildman–Crippen MR) is 73.8 cm³/mol. The van der Waals surface area contributed by atoms with Crippen molar-refractivity contribution in [2.24, 2.45) is 0 Å². The largest absolute Gasteiger partial charge is 0.379 e.